The zero-order chi connectivity index (χ0) is 18.3. The Morgan fingerprint density at radius 2 is 2.15 bits per heavy atom. The van der Waals surface area contributed by atoms with Gasteiger partial charge in [-0.25, -0.2) is 9.40 Å². The summed E-state index contributed by atoms with van der Waals surface area (Å²) >= 11 is 0. The zero-order valence-electron chi connectivity index (χ0n) is 14.9. The maximum absolute atomic E-state index is 13.8. The van der Waals surface area contributed by atoms with Crippen LogP contribution in [0, 0.1) is 11.7 Å². The molecule has 2 aromatic rings. The first-order valence-electron chi connectivity index (χ1n) is 8.95. The van der Waals surface area contributed by atoms with Crippen LogP contribution in [0.4, 0.5) is 4.39 Å². The fourth-order valence-corrected chi connectivity index (χ4v) is 4.02. The van der Waals surface area contributed by atoms with E-state index in [1.807, 2.05) is 31.2 Å². The van der Waals surface area contributed by atoms with Crippen LogP contribution in [0.25, 0.3) is 0 Å². The van der Waals surface area contributed by atoms with Crippen LogP contribution < -0.4 is 4.74 Å². The summed E-state index contributed by atoms with van der Waals surface area (Å²) in [5, 5.41) is 6.27. The van der Waals surface area contributed by atoms with Crippen molar-refractivity contribution in [3.63, 3.8) is 0 Å². The van der Waals surface area contributed by atoms with E-state index in [2.05, 4.69) is 0 Å². The van der Waals surface area contributed by atoms with Crippen molar-refractivity contribution < 1.29 is 13.9 Å². The fourth-order valence-electron chi connectivity index (χ4n) is 4.02. The normalized spacial score (nSPS) is 21.0. The quantitative estimate of drug-likeness (QED) is 0.835. The fraction of sp³-hybridized carbons (Fsp3) is 0.333. The number of carbonyl (C=O) groups is 1. The number of carbonyl (C=O) groups excluding carboxylic acids is 1. The molecule has 0 bridgehead atoms. The molecule has 1 amide bonds. The maximum atomic E-state index is 13.8. The number of benzene rings is 2. The molecule has 26 heavy (non-hydrogen) atoms. The summed E-state index contributed by atoms with van der Waals surface area (Å²) in [7, 11) is 1.65. The third-order valence-electron chi connectivity index (χ3n) is 5.27. The predicted octanol–water partition coefficient (Wildman–Crippen LogP) is 4.09. The number of fused-ring (bicyclic) bond motifs is 3. The second-order valence-corrected chi connectivity index (χ2v) is 6.75. The van der Waals surface area contributed by atoms with Gasteiger partial charge in [-0.15, -0.1) is 0 Å². The van der Waals surface area contributed by atoms with E-state index in [0.717, 1.165) is 35.4 Å². The Hall–Kier alpha value is -2.69. The minimum atomic E-state index is -0.291. The summed E-state index contributed by atoms with van der Waals surface area (Å²) < 4.78 is 19.1. The Morgan fingerprint density at radius 3 is 2.88 bits per heavy atom. The van der Waals surface area contributed by atoms with Gasteiger partial charge < -0.3 is 4.74 Å². The summed E-state index contributed by atoms with van der Waals surface area (Å²) in [4.78, 5) is 12.5. The Morgan fingerprint density at radius 1 is 1.31 bits per heavy atom. The van der Waals surface area contributed by atoms with Crippen LogP contribution in [0.15, 0.2) is 47.6 Å². The molecule has 1 heterocycles. The highest BCUT2D eigenvalue weighted by Gasteiger charge is 2.43. The molecule has 1 aliphatic carbocycles. The van der Waals surface area contributed by atoms with E-state index in [-0.39, 0.29) is 23.7 Å². The molecule has 0 saturated carbocycles. The van der Waals surface area contributed by atoms with Crippen LogP contribution in [-0.2, 0) is 11.2 Å². The van der Waals surface area contributed by atoms with E-state index in [9.17, 15) is 9.18 Å². The molecule has 134 valence electrons. The molecule has 1 aliphatic heterocycles. The Kier molecular flexibility index (Phi) is 4.23. The molecule has 0 aromatic heterocycles. The van der Waals surface area contributed by atoms with E-state index in [1.54, 1.807) is 18.2 Å². The largest absolute Gasteiger partial charge is 0.497 e. The summed E-state index contributed by atoms with van der Waals surface area (Å²) in [6, 6.07) is 12.2. The molecule has 0 unspecified atom stereocenters. The SMILES string of the molecule is CCC(=O)N1N=C2c3ccc(OC)cc3CC[C@H]2[C@@H]1c1cccc(F)c1. The lowest BCUT2D eigenvalue weighted by Gasteiger charge is -2.29. The number of halogens is 1. The second-order valence-electron chi connectivity index (χ2n) is 6.75. The number of amides is 1. The van der Waals surface area contributed by atoms with Gasteiger partial charge in [-0.3, -0.25) is 4.79 Å². The number of hydrazone groups is 1. The van der Waals surface area contributed by atoms with E-state index in [0.29, 0.717) is 6.42 Å². The molecule has 2 atom stereocenters. The molecule has 0 N–H and O–H groups in total. The first-order chi connectivity index (χ1) is 12.6. The first kappa shape index (κ1) is 16.8. The van der Waals surface area contributed by atoms with E-state index in [4.69, 9.17) is 9.84 Å². The highest BCUT2D eigenvalue weighted by Crippen LogP contribution is 2.44. The molecule has 0 spiro atoms. The van der Waals surface area contributed by atoms with Crippen LogP contribution in [0.5, 0.6) is 5.75 Å². The van der Waals surface area contributed by atoms with E-state index < -0.39 is 0 Å². The molecule has 0 fully saturated rings. The topological polar surface area (TPSA) is 41.9 Å². The smallest absolute Gasteiger partial charge is 0.242 e. The number of hydrogen-bond acceptors (Lipinski definition) is 3. The van der Waals surface area contributed by atoms with Crippen LogP contribution in [0.3, 0.4) is 0 Å². The summed E-state index contributed by atoms with van der Waals surface area (Å²) in [5.74, 6) is 0.564. The Balaban J connectivity index is 1.80. The average Bonchev–Trinajstić information content (AvgIpc) is 3.06. The molecule has 0 saturated heterocycles. The number of ether oxygens (including phenoxy) is 1. The van der Waals surface area contributed by atoms with Crippen molar-refractivity contribution in [2.24, 2.45) is 11.0 Å². The van der Waals surface area contributed by atoms with Crippen LogP contribution in [0.1, 0.15) is 42.5 Å². The van der Waals surface area contributed by atoms with Crippen LogP contribution in [-0.4, -0.2) is 23.7 Å². The lowest BCUT2D eigenvalue weighted by atomic mass is 9.77. The van der Waals surface area contributed by atoms with Crippen molar-refractivity contribution in [1.82, 2.24) is 5.01 Å². The predicted molar refractivity (Wildman–Crippen MR) is 97.6 cm³/mol. The van der Waals surface area contributed by atoms with Gasteiger partial charge in [0.15, 0.2) is 0 Å². The van der Waals surface area contributed by atoms with Crippen LogP contribution in [0.2, 0.25) is 0 Å². The number of aryl methyl sites for hydroxylation is 1. The van der Waals surface area contributed by atoms with Crippen molar-refractivity contribution >= 4 is 11.6 Å². The van der Waals surface area contributed by atoms with E-state index >= 15 is 0 Å². The van der Waals surface area contributed by atoms with Gasteiger partial charge in [-0.2, -0.15) is 5.10 Å². The lowest BCUT2D eigenvalue weighted by molar-refractivity contribution is -0.133. The van der Waals surface area contributed by atoms with Gasteiger partial charge in [-0.05, 0) is 54.3 Å². The molecular formula is C21H21FN2O2. The monoisotopic (exact) mass is 352 g/mol. The zero-order valence-corrected chi connectivity index (χ0v) is 14.9. The summed E-state index contributed by atoms with van der Waals surface area (Å²) in [5.41, 5.74) is 3.97. The van der Waals surface area contributed by atoms with Crippen LogP contribution >= 0.6 is 0 Å². The second kappa shape index (κ2) is 6.56. The van der Waals surface area contributed by atoms with Gasteiger partial charge in [-0.1, -0.05) is 19.1 Å². The molecular weight excluding hydrogens is 331 g/mol. The van der Waals surface area contributed by atoms with Crippen molar-refractivity contribution in [2.75, 3.05) is 7.11 Å². The summed E-state index contributed by atoms with van der Waals surface area (Å²) in [6.07, 6.45) is 2.12. The Bertz CT molecular complexity index is 893. The van der Waals surface area contributed by atoms with Crippen molar-refractivity contribution in [2.45, 2.75) is 32.2 Å². The minimum absolute atomic E-state index is 0.0452. The molecule has 4 nitrogen and oxygen atoms in total. The third-order valence-corrected chi connectivity index (χ3v) is 5.27. The van der Waals surface area contributed by atoms with Gasteiger partial charge >= 0.3 is 0 Å². The number of rotatable bonds is 3. The minimum Gasteiger partial charge on any atom is -0.497 e. The Labute approximate surface area is 152 Å². The maximum Gasteiger partial charge on any atom is 0.242 e. The molecule has 0 radical (unpaired) electrons. The highest BCUT2D eigenvalue weighted by molar-refractivity contribution is 6.07. The van der Waals surface area contributed by atoms with Crippen molar-refractivity contribution in [3.8, 4) is 5.75 Å². The molecule has 4 rings (SSSR count). The molecule has 5 heteroatoms. The number of hydrogen-bond donors (Lipinski definition) is 0. The average molecular weight is 352 g/mol. The number of nitrogens with zero attached hydrogens (tertiary/aromatic N) is 2. The van der Waals surface area contributed by atoms with Gasteiger partial charge in [0, 0.05) is 17.9 Å². The summed E-state index contributed by atoms with van der Waals surface area (Å²) in [6.45, 7) is 1.83. The van der Waals surface area contributed by atoms with E-state index in [1.165, 1.54) is 17.7 Å². The number of methoxy groups -OCH3 is 1. The standard InChI is InChI=1S/C21H21FN2O2/c1-3-19(25)24-21(14-5-4-6-15(22)11-14)18-9-7-13-12-16(26-2)8-10-17(13)20(18)23-24/h4-6,8,10-12,18,21H,3,7,9H2,1-2H3/t18-,21+/m1/s1. The first-order valence-corrected chi connectivity index (χ1v) is 8.95. The molecule has 2 aliphatic rings. The van der Waals surface area contributed by atoms with Gasteiger partial charge in [0.2, 0.25) is 5.91 Å². The van der Waals surface area contributed by atoms with Gasteiger partial charge in [0.1, 0.15) is 11.6 Å². The lowest BCUT2D eigenvalue weighted by Crippen LogP contribution is -2.32. The van der Waals surface area contributed by atoms with Crippen molar-refractivity contribution in [3.05, 3.63) is 65.0 Å². The van der Waals surface area contributed by atoms with Gasteiger partial charge in [0.25, 0.3) is 0 Å². The van der Waals surface area contributed by atoms with Crippen molar-refractivity contribution in [1.29, 1.82) is 0 Å². The van der Waals surface area contributed by atoms with Gasteiger partial charge in [0.05, 0.1) is 18.9 Å². The molecule has 2 aromatic carbocycles. The third kappa shape index (κ3) is 2.68. The highest BCUT2D eigenvalue weighted by atomic mass is 19.1.